The number of Topliss-reactive ketones (excluding diaryl/α,β-unsaturated/α-hetero) is 1. The Bertz CT molecular complexity index is 1100. The number of hydrogen-bond acceptors (Lipinski definition) is 6. The Balaban J connectivity index is 1.32. The minimum Gasteiger partial charge on any atom is -0.325 e. The number of carbonyl (C=O) groups is 2. The first-order valence-corrected chi connectivity index (χ1v) is 11.5. The van der Waals surface area contributed by atoms with Crippen molar-refractivity contribution in [2.75, 3.05) is 16.8 Å². The molecule has 0 unspecified atom stereocenters. The summed E-state index contributed by atoms with van der Waals surface area (Å²) in [6.45, 7) is 2.47. The van der Waals surface area contributed by atoms with Crippen LogP contribution in [-0.2, 0) is 15.0 Å². The molecule has 3 heterocycles. The zero-order valence-electron chi connectivity index (χ0n) is 18.3. The summed E-state index contributed by atoms with van der Waals surface area (Å²) in [6.07, 6.45) is 9.36. The van der Waals surface area contributed by atoms with Gasteiger partial charge in [-0.05, 0) is 55.7 Å². The first kappa shape index (κ1) is 20.6. The van der Waals surface area contributed by atoms with Crippen molar-refractivity contribution in [3.05, 3.63) is 42.2 Å². The van der Waals surface area contributed by atoms with E-state index in [0.29, 0.717) is 31.0 Å². The van der Waals surface area contributed by atoms with Gasteiger partial charge >= 0.3 is 0 Å². The van der Waals surface area contributed by atoms with Crippen molar-refractivity contribution in [2.24, 2.45) is 11.3 Å². The van der Waals surface area contributed by atoms with Gasteiger partial charge in [-0.25, -0.2) is 9.97 Å². The molecule has 0 aromatic carbocycles. The van der Waals surface area contributed by atoms with Crippen LogP contribution < -0.4 is 10.2 Å². The van der Waals surface area contributed by atoms with Gasteiger partial charge in [-0.3, -0.25) is 9.59 Å². The third-order valence-electron chi connectivity index (χ3n) is 7.52. The fourth-order valence-electron chi connectivity index (χ4n) is 5.27. The SMILES string of the molecule is CCC(=O)C1(c2ccc(Nc3cc(N4CC[C@@](C#N)(C5CC5)C4=O)ccn3)nc2)CCC1. The van der Waals surface area contributed by atoms with Crippen molar-refractivity contribution in [2.45, 2.75) is 57.3 Å². The standard InChI is InChI=1S/C25H27N5O2/c1-2-20(31)24(9-3-10-24)18-6-7-21(28-15-18)29-22-14-19(8-12-27-22)30-13-11-25(16-26,23(30)32)17-4-5-17/h6-8,12,14-15,17H,2-5,9-11,13H2,1H3,(H,27,28,29)/t25-/m1/s1. The molecule has 0 radical (unpaired) electrons. The second kappa shape index (κ2) is 7.70. The first-order chi connectivity index (χ1) is 15.5. The first-order valence-electron chi connectivity index (χ1n) is 11.5. The van der Waals surface area contributed by atoms with Gasteiger partial charge in [0.15, 0.2) is 0 Å². The zero-order chi connectivity index (χ0) is 22.3. The lowest BCUT2D eigenvalue weighted by Crippen LogP contribution is -2.42. The van der Waals surface area contributed by atoms with Gasteiger partial charge in [0.2, 0.25) is 5.91 Å². The Kier molecular flexibility index (Phi) is 4.96. The maximum absolute atomic E-state index is 13.1. The Hall–Kier alpha value is -3.27. The van der Waals surface area contributed by atoms with Gasteiger partial charge in [-0.2, -0.15) is 5.26 Å². The summed E-state index contributed by atoms with van der Waals surface area (Å²) in [5, 5.41) is 12.9. The van der Waals surface area contributed by atoms with E-state index in [0.717, 1.165) is 43.4 Å². The molecule has 3 fully saturated rings. The number of hydrogen-bond donors (Lipinski definition) is 1. The minimum absolute atomic E-state index is 0.0893. The molecule has 7 nitrogen and oxygen atoms in total. The fourth-order valence-corrected chi connectivity index (χ4v) is 5.27. The molecule has 1 aliphatic heterocycles. The molecule has 2 saturated carbocycles. The summed E-state index contributed by atoms with van der Waals surface area (Å²) >= 11 is 0. The van der Waals surface area contributed by atoms with Crippen LogP contribution >= 0.6 is 0 Å². The quantitative estimate of drug-likeness (QED) is 0.705. The average Bonchev–Trinajstić information content (AvgIpc) is 3.58. The number of carbonyl (C=O) groups excluding carboxylic acids is 2. The Morgan fingerprint density at radius 2 is 2.03 bits per heavy atom. The number of ketones is 1. The summed E-state index contributed by atoms with van der Waals surface area (Å²) in [4.78, 5) is 36.2. The molecule has 2 aromatic heterocycles. The molecule has 164 valence electrons. The Morgan fingerprint density at radius 1 is 1.22 bits per heavy atom. The Morgan fingerprint density at radius 3 is 2.62 bits per heavy atom. The van der Waals surface area contributed by atoms with E-state index in [9.17, 15) is 14.9 Å². The molecule has 7 heteroatoms. The molecule has 1 amide bonds. The molecule has 3 aliphatic rings. The van der Waals surface area contributed by atoms with E-state index < -0.39 is 5.41 Å². The summed E-state index contributed by atoms with van der Waals surface area (Å²) in [5.74, 6) is 1.61. The molecule has 2 aromatic rings. The second-order valence-corrected chi connectivity index (χ2v) is 9.23. The smallest absolute Gasteiger partial charge is 0.247 e. The lowest BCUT2D eigenvalue weighted by atomic mass is 9.62. The van der Waals surface area contributed by atoms with Crippen LogP contribution in [0, 0.1) is 22.7 Å². The average molecular weight is 430 g/mol. The van der Waals surface area contributed by atoms with Gasteiger partial charge in [-0.1, -0.05) is 19.4 Å². The van der Waals surface area contributed by atoms with E-state index in [1.165, 1.54) is 0 Å². The van der Waals surface area contributed by atoms with E-state index >= 15 is 0 Å². The number of aromatic nitrogens is 2. The van der Waals surface area contributed by atoms with Gasteiger partial charge in [0, 0.05) is 37.1 Å². The predicted molar refractivity (Wildman–Crippen MR) is 120 cm³/mol. The third kappa shape index (κ3) is 3.17. The van der Waals surface area contributed by atoms with Crippen LogP contribution in [0.4, 0.5) is 17.3 Å². The van der Waals surface area contributed by atoms with Crippen molar-refractivity contribution in [1.29, 1.82) is 5.26 Å². The highest BCUT2D eigenvalue weighted by Crippen LogP contribution is 2.52. The number of nitrogens with zero attached hydrogens (tertiary/aromatic N) is 4. The predicted octanol–water partition coefficient (Wildman–Crippen LogP) is 4.28. The number of pyridine rings is 2. The molecule has 0 spiro atoms. The van der Waals surface area contributed by atoms with Crippen LogP contribution in [0.2, 0.25) is 0 Å². The van der Waals surface area contributed by atoms with Crippen molar-refractivity contribution < 1.29 is 9.59 Å². The van der Waals surface area contributed by atoms with Gasteiger partial charge in [0.05, 0.1) is 11.5 Å². The summed E-state index contributed by atoms with van der Waals surface area (Å²) in [5.41, 5.74) is 0.507. The van der Waals surface area contributed by atoms with Gasteiger partial charge in [0.1, 0.15) is 22.8 Å². The normalized spacial score (nSPS) is 24.0. The van der Waals surface area contributed by atoms with Gasteiger partial charge in [-0.15, -0.1) is 0 Å². The van der Waals surface area contributed by atoms with Crippen molar-refractivity contribution in [3.8, 4) is 6.07 Å². The van der Waals surface area contributed by atoms with E-state index in [2.05, 4.69) is 21.4 Å². The van der Waals surface area contributed by atoms with Crippen LogP contribution in [0.1, 0.15) is 57.4 Å². The lowest BCUT2D eigenvalue weighted by molar-refractivity contribution is -0.127. The van der Waals surface area contributed by atoms with Crippen molar-refractivity contribution >= 4 is 29.0 Å². The molecular formula is C25H27N5O2. The van der Waals surface area contributed by atoms with Crippen molar-refractivity contribution in [3.63, 3.8) is 0 Å². The summed E-state index contributed by atoms with van der Waals surface area (Å²) < 4.78 is 0. The highest BCUT2D eigenvalue weighted by Gasteiger charge is 2.56. The highest BCUT2D eigenvalue weighted by molar-refractivity contribution is 6.02. The summed E-state index contributed by atoms with van der Waals surface area (Å²) in [7, 11) is 0. The molecule has 5 rings (SSSR count). The molecule has 1 saturated heterocycles. The second-order valence-electron chi connectivity index (χ2n) is 9.23. The van der Waals surface area contributed by atoms with E-state index in [1.54, 1.807) is 23.4 Å². The number of anilines is 3. The van der Waals surface area contributed by atoms with Crippen LogP contribution in [0.15, 0.2) is 36.7 Å². The largest absolute Gasteiger partial charge is 0.325 e. The topological polar surface area (TPSA) is 99.0 Å². The third-order valence-corrected chi connectivity index (χ3v) is 7.52. The maximum atomic E-state index is 13.1. The van der Waals surface area contributed by atoms with E-state index in [-0.39, 0.29) is 23.0 Å². The minimum atomic E-state index is -0.859. The van der Waals surface area contributed by atoms with Crippen molar-refractivity contribution in [1.82, 2.24) is 9.97 Å². The van der Waals surface area contributed by atoms with E-state index in [1.807, 2.05) is 25.1 Å². The van der Waals surface area contributed by atoms with Crippen LogP contribution in [0.5, 0.6) is 0 Å². The number of rotatable bonds is 7. The molecule has 2 aliphatic carbocycles. The van der Waals surface area contributed by atoms with Gasteiger partial charge in [0.25, 0.3) is 0 Å². The number of nitrogens with one attached hydrogen (secondary N) is 1. The molecule has 32 heavy (non-hydrogen) atoms. The number of amides is 1. The molecule has 0 bridgehead atoms. The number of nitriles is 1. The fraction of sp³-hybridized carbons (Fsp3) is 0.480. The van der Waals surface area contributed by atoms with E-state index in [4.69, 9.17) is 0 Å². The molecule has 1 atom stereocenters. The van der Waals surface area contributed by atoms with Crippen LogP contribution in [0.25, 0.3) is 0 Å². The summed E-state index contributed by atoms with van der Waals surface area (Å²) in [6, 6.07) is 9.80. The van der Waals surface area contributed by atoms with Crippen LogP contribution in [0.3, 0.4) is 0 Å². The monoisotopic (exact) mass is 429 g/mol. The lowest BCUT2D eigenvalue weighted by Gasteiger charge is -2.40. The Labute approximate surface area is 187 Å². The molecular weight excluding hydrogens is 402 g/mol. The molecule has 1 N–H and O–H groups in total. The van der Waals surface area contributed by atoms with Crippen LogP contribution in [-0.4, -0.2) is 28.2 Å². The van der Waals surface area contributed by atoms with Gasteiger partial charge < -0.3 is 10.2 Å². The maximum Gasteiger partial charge on any atom is 0.247 e. The highest BCUT2D eigenvalue weighted by atomic mass is 16.2. The zero-order valence-corrected chi connectivity index (χ0v) is 18.3.